The summed E-state index contributed by atoms with van der Waals surface area (Å²) < 4.78 is 2.95. The minimum absolute atomic E-state index is 1.02. The van der Waals surface area contributed by atoms with Crippen LogP contribution in [0.4, 0.5) is 0 Å². The Hall–Kier alpha value is -0.485. The van der Waals surface area contributed by atoms with Crippen LogP contribution in [0.1, 0.15) is 127 Å². The molecule has 0 aliphatic carbocycles. The number of thiol groups is 1. The van der Waals surface area contributed by atoms with E-state index in [1.54, 1.807) is 26.4 Å². The quantitative estimate of drug-likeness (QED) is 0.0761. The van der Waals surface area contributed by atoms with Crippen LogP contribution in [-0.4, -0.2) is 13.0 Å². The molecular formula is C33H50BS4. The third kappa shape index (κ3) is 10.8. The standard InChI is InChI=1S/C33H50BS4/c1-5-7-9-13-18-28-23-32(34-33-29(21-25(3)36-33)19-14-10-8-6-2)38-31(28)24-30-22-27(26(4)37-30)17-15-11-12-16-20-35/h21-23,35H,5-20,24H2,1-4H3. The highest BCUT2D eigenvalue weighted by molar-refractivity contribution is 7.80. The van der Waals surface area contributed by atoms with E-state index in [-0.39, 0.29) is 0 Å². The summed E-state index contributed by atoms with van der Waals surface area (Å²) >= 11 is 10.4. The zero-order valence-corrected chi connectivity index (χ0v) is 27.8. The molecule has 0 nitrogen and oxygen atoms in total. The van der Waals surface area contributed by atoms with Gasteiger partial charge in [0.1, 0.15) is 0 Å². The molecule has 3 heterocycles. The predicted molar refractivity (Wildman–Crippen MR) is 182 cm³/mol. The number of hydrogen-bond acceptors (Lipinski definition) is 4. The van der Waals surface area contributed by atoms with Crippen molar-refractivity contribution in [3.05, 3.63) is 54.4 Å². The monoisotopic (exact) mass is 585 g/mol. The van der Waals surface area contributed by atoms with Crippen molar-refractivity contribution in [2.24, 2.45) is 0 Å². The van der Waals surface area contributed by atoms with Crippen LogP contribution in [0.2, 0.25) is 0 Å². The van der Waals surface area contributed by atoms with Crippen molar-refractivity contribution >= 4 is 63.5 Å². The van der Waals surface area contributed by atoms with Crippen molar-refractivity contribution in [3.8, 4) is 0 Å². The summed E-state index contributed by atoms with van der Waals surface area (Å²) in [5.74, 6) is 1.02. The Balaban J connectivity index is 1.70. The van der Waals surface area contributed by atoms with E-state index in [0.29, 0.717) is 0 Å². The van der Waals surface area contributed by atoms with Gasteiger partial charge in [-0.15, -0.1) is 11.3 Å². The molecule has 0 unspecified atom stereocenters. The van der Waals surface area contributed by atoms with E-state index in [0.717, 1.165) is 12.2 Å². The van der Waals surface area contributed by atoms with Crippen molar-refractivity contribution < 1.29 is 0 Å². The van der Waals surface area contributed by atoms with Crippen molar-refractivity contribution in [2.75, 3.05) is 5.75 Å². The van der Waals surface area contributed by atoms with Crippen molar-refractivity contribution in [1.82, 2.24) is 0 Å². The van der Waals surface area contributed by atoms with E-state index in [1.165, 1.54) is 116 Å². The molecule has 0 bridgehead atoms. The maximum absolute atomic E-state index is 4.36. The van der Waals surface area contributed by atoms with Crippen molar-refractivity contribution in [1.29, 1.82) is 0 Å². The second kappa shape index (κ2) is 18.0. The Labute approximate surface area is 252 Å². The Kier molecular flexibility index (Phi) is 15.2. The van der Waals surface area contributed by atoms with Crippen LogP contribution in [0.5, 0.6) is 0 Å². The van der Waals surface area contributed by atoms with Gasteiger partial charge in [0.05, 0.1) is 0 Å². The summed E-state index contributed by atoms with van der Waals surface area (Å²) in [6, 6.07) is 7.50. The fourth-order valence-corrected chi connectivity index (χ4v) is 9.00. The van der Waals surface area contributed by atoms with Gasteiger partial charge >= 0.3 is 0 Å². The zero-order chi connectivity index (χ0) is 27.2. The molecule has 209 valence electrons. The summed E-state index contributed by atoms with van der Waals surface area (Å²) in [7, 11) is 2.51. The smallest absolute Gasteiger partial charge is 0.179 e. The number of rotatable bonds is 20. The fraction of sp³-hybridized carbons (Fsp3) is 0.636. The maximum Gasteiger partial charge on any atom is 0.219 e. The van der Waals surface area contributed by atoms with Gasteiger partial charge in [0, 0.05) is 25.9 Å². The average Bonchev–Trinajstić information content (AvgIpc) is 3.56. The summed E-state index contributed by atoms with van der Waals surface area (Å²) in [6.45, 7) is 9.21. The molecule has 0 saturated carbocycles. The van der Waals surface area contributed by atoms with Gasteiger partial charge in [-0.1, -0.05) is 71.3 Å². The predicted octanol–water partition coefficient (Wildman–Crippen LogP) is 10.0. The minimum Gasteiger partial charge on any atom is -0.179 e. The summed E-state index contributed by atoms with van der Waals surface area (Å²) in [5, 5.41) is 0. The van der Waals surface area contributed by atoms with Crippen LogP contribution in [0, 0.1) is 13.8 Å². The first kappa shape index (κ1) is 32.0. The topological polar surface area (TPSA) is 0 Å². The van der Waals surface area contributed by atoms with Gasteiger partial charge in [-0.2, -0.15) is 35.3 Å². The van der Waals surface area contributed by atoms with Crippen molar-refractivity contribution in [3.63, 3.8) is 0 Å². The average molecular weight is 586 g/mol. The molecular weight excluding hydrogens is 535 g/mol. The highest BCUT2D eigenvalue weighted by Crippen LogP contribution is 2.29. The lowest BCUT2D eigenvalue weighted by Crippen LogP contribution is -2.24. The van der Waals surface area contributed by atoms with Gasteiger partial charge in [-0.05, 0) is 103 Å². The summed E-state index contributed by atoms with van der Waals surface area (Å²) in [4.78, 5) is 6.14. The fourth-order valence-electron chi connectivity index (χ4n) is 5.30. The second-order valence-corrected chi connectivity index (χ2v) is 15.2. The lowest BCUT2D eigenvalue weighted by atomic mass is 9.72. The summed E-state index contributed by atoms with van der Waals surface area (Å²) in [5.41, 5.74) is 4.76. The van der Waals surface area contributed by atoms with Crippen LogP contribution in [-0.2, 0) is 25.7 Å². The molecule has 1 radical (unpaired) electrons. The third-order valence-corrected chi connectivity index (χ3v) is 11.1. The summed E-state index contributed by atoms with van der Waals surface area (Å²) in [6.07, 6.45) is 20.7. The highest BCUT2D eigenvalue weighted by Gasteiger charge is 2.16. The Morgan fingerprint density at radius 3 is 1.97 bits per heavy atom. The van der Waals surface area contributed by atoms with Gasteiger partial charge < -0.3 is 0 Å². The largest absolute Gasteiger partial charge is 0.219 e. The number of aryl methyl sites for hydroxylation is 5. The normalized spacial score (nSPS) is 11.5. The molecule has 3 aromatic heterocycles. The third-order valence-electron chi connectivity index (χ3n) is 7.51. The molecule has 0 aromatic carbocycles. The molecule has 0 fully saturated rings. The molecule has 0 amide bonds. The zero-order valence-electron chi connectivity index (χ0n) is 24.5. The van der Waals surface area contributed by atoms with E-state index in [9.17, 15) is 0 Å². The molecule has 38 heavy (non-hydrogen) atoms. The molecule has 0 atom stereocenters. The molecule has 0 N–H and O–H groups in total. The van der Waals surface area contributed by atoms with Gasteiger partial charge in [0.25, 0.3) is 0 Å². The van der Waals surface area contributed by atoms with E-state index >= 15 is 0 Å². The second-order valence-electron chi connectivity index (χ2n) is 11.0. The van der Waals surface area contributed by atoms with Crippen LogP contribution >= 0.6 is 46.6 Å². The van der Waals surface area contributed by atoms with Crippen molar-refractivity contribution in [2.45, 2.75) is 130 Å². The van der Waals surface area contributed by atoms with Crippen LogP contribution in [0.25, 0.3) is 0 Å². The number of thiophene rings is 3. The van der Waals surface area contributed by atoms with E-state index < -0.39 is 0 Å². The van der Waals surface area contributed by atoms with Gasteiger partial charge in [-0.25, -0.2) is 0 Å². The molecule has 0 aliphatic rings. The lowest BCUT2D eigenvalue weighted by Gasteiger charge is -2.03. The van der Waals surface area contributed by atoms with Gasteiger partial charge in [0.15, 0.2) is 0 Å². The van der Waals surface area contributed by atoms with Gasteiger partial charge in [-0.3, -0.25) is 0 Å². The Morgan fingerprint density at radius 2 is 1.29 bits per heavy atom. The first-order valence-electron chi connectivity index (χ1n) is 15.3. The first-order chi connectivity index (χ1) is 18.5. The minimum atomic E-state index is 1.02. The van der Waals surface area contributed by atoms with E-state index in [1.807, 2.05) is 22.7 Å². The Morgan fingerprint density at radius 1 is 0.658 bits per heavy atom. The van der Waals surface area contributed by atoms with Crippen LogP contribution < -0.4 is 9.55 Å². The van der Waals surface area contributed by atoms with Crippen LogP contribution in [0.15, 0.2) is 18.2 Å². The maximum atomic E-state index is 4.36. The lowest BCUT2D eigenvalue weighted by molar-refractivity contribution is 0.666. The SMILES string of the molecule is CCCCCCc1cc(C)sc1[B]c1cc(CCCCCC)c(Cc2cc(CCCCCCS)c(C)s2)s1. The molecule has 0 spiro atoms. The van der Waals surface area contributed by atoms with E-state index in [4.69, 9.17) is 0 Å². The Bertz CT molecular complexity index is 1060. The molecule has 3 rings (SSSR count). The molecule has 3 aromatic rings. The number of unbranched alkanes of at least 4 members (excludes halogenated alkanes) is 9. The van der Waals surface area contributed by atoms with Crippen LogP contribution in [0.3, 0.4) is 0 Å². The highest BCUT2D eigenvalue weighted by atomic mass is 32.1. The molecule has 5 heteroatoms. The molecule has 0 aliphatic heterocycles. The van der Waals surface area contributed by atoms with E-state index in [2.05, 4.69) is 77.1 Å². The number of hydrogen-bond donors (Lipinski definition) is 1. The van der Waals surface area contributed by atoms with Gasteiger partial charge in [0.2, 0.25) is 7.28 Å². The molecule has 0 saturated heterocycles. The first-order valence-corrected chi connectivity index (χ1v) is 18.4.